The summed E-state index contributed by atoms with van der Waals surface area (Å²) >= 11 is 1.12. The van der Waals surface area contributed by atoms with Gasteiger partial charge in [-0.1, -0.05) is 176 Å². The van der Waals surface area contributed by atoms with Crippen molar-refractivity contribution in [2.75, 3.05) is 0 Å². The molecule has 0 amide bonds. The number of hydrogen-bond donors (Lipinski definition) is 0. The average molecular weight is 892 g/mol. The van der Waals surface area contributed by atoms with Crippen molar-refractivity contribution in [1.29, 1.82) is 0 Å². The summed E-state index contributed by atoms with van der Waals surface area (Å²) in [6.07, 6.45) is 0. The van der Waals surface area contributed by atoms with Crippen molar-refractivity contribution in [2.24, 2.45) is 0 Å². The summed E-state index contributed by atoms with van der Waals surface area (Å²) in [6, 6.07) is 64.8. The Hall–Kier alpha value is -8.77. The van der Waals surface area contributed by atoms with Gasteiger partial charge in [0.1, 0.15) is 11.2 Å². The fraction of sp³-hybridized carbons (Fsp3) is 0. The Morgan fingerprint density at radius 1 is 0.338 bits per heavy atom. The van der Waals surface area contributed by atoms with E-state index in [0.29, 0.717) is 54.3 Å². The molecule has 13 aromatic rings. The van der Waals surface area contributed by atoms with Gasteiger partial charge in [-0.2, -0.15) is 0 Å². The summed E-state index contributed by atoms with van der Waals surface area (Å²) in [5, 5.41) is 2.45. The number of rotatable bonds is 8. The quantitative estimate of drug-likeness (QED) is 0.152. The highest BCUT2D eigenvalue weighted by molar-refractivity contribution is 7.26. The highest BCUT2D eigenvalue weighted by atomic mass is 32.1. The second-order valence-electron chi connectivity index (χ2n) is 16.7. The summed E-state index contributed by atoms with van der Waals surface area (Å²) in [6.45, 7) is 0. The predicted molar refractivity (Wildman–Crippen MR) is 283 cm³/mol. The van der Waals surface area contributed by atoms with Gasteiger partial charge in [-0.15, -0.1) is 11.3 Å². The van der Waals surface area contributed by atoms with E-state index in [2.05, 4.69) is 30.3 Å². The number of thiophene rings is 1. The van der Waals surface area contributed by atoms with Gasteiger partial charge in [0.05, 0.1) is 8.22 Å². The van der Waals surface area contributed by atoms with Gasteiger partial charge in [0.2, 0.25) is 0 Å². The number of fused-ring (bicyclic) bond motifs is 6. The van der Waals surface area contributed by atoms with E-state index in [1.807, 2.05) is 170 Å². The van der Waals surface area contributed by atoms with Crippen LogP contribution in [0.2, 0.25) is 0 Å². The van der Waals surface area contributed by atoms with E-state index in [4.69, 9.17) is 20.7 Å². The number of hydrogen-bond acceptors (Lipinski definition) is 5. The van der Waals surface area contributed by atoms with Crippen molar-refractivity contribution in [3.05, 3.63) is 236 Å². The molecule has 0 aliphatic heterocycles. The van der Waals surface area contributed by atoms with Crippen LogP contribution in [-0.2, 0) is 0 Å². The van der Waals surface area contributed by atoms with Gasteiger partial charge >= 0.3 is 0 Å². The molecule has 0 aliphatic rings. The molecule has 0 radical (unpaired) electrons. The van der Waals surface area contributed by atoms with Gasteiger partial charge in [0, 0.05) is 47.6 Å². The highest BCUT2D eigenvalue weighted by Crippen LogP contribution is 2.44. The predicted octanol–water partition coefficient (Wildman–Crippen LogP) is 17.5. The number of benzene rings is 10. The summed E-state index contributed by atoms with van der Waals surface area (Å²) in [4.78, 5) is 15.1. The molecule has 3 aromatic heterocycles. The summed E-state index contributed by atoms with van der Waals surface area (Å²) in [7, 11) is 0. The smallest absolute Gasteiger partial charge is 0.164 e. The fourth-order valence-corrected chi connectivity index (χ4v) is 10.1. The van der Waals surface area contributed by atoms with Crippen LogP contribution in [0.5, 0.6) is 0 Å². The monoisotopic (exact) mass is 891 g/mol. The van der Waals surface area contributed by atoms with Crippen LogP contribution >= 0.6 is 11.3 Å². The molecular weight excluding hydrogens is 847 g/mol. The minimum atomic E-state index is -0.280. The van der Waals surface area contributed by atoms with E-state index in [-0.39, 0.29) is 53.0 Å². The third kappa shape index (κ3) is 7.23. The minimum absolute atomic E-state index is 0.0332. The summed E-state index contributed by atoms with van der Waals surface area (Å²) < 4.78 is 64.5. The molecule has 13 rings (SSSR count). The maximum Gasteiger partial charge on any atom is 0.164 e. The van der Waals surface area contributed by atoms with Crippen LogP contribution in [0, 0.1) is 0 Å². The Bertz CT molecular complexity index is 4300. The van der Waals surface area contributed by atoms with Crippen molar-refractivity contribution >= 4 is 53.4 Å². The molecular formula is C63H39N3OS. The van der Waals surface area contributed by atoms with Gasteiger partial charge in [-0.05, 0) is 116 Å². The SMILES string of the molecule is [2H]c1c([2H])c(-c2cc(-c3ccccc3)cc(-c3ccccc3)c2)c2c(sc3c([2H])c(-c4nc(-c5ccc(-c6ccccc6)cc5)nc(-c5ccc6oc7cc(-c8ccccc8)ccc7c6c5)n4)c([2H])c([2H])c32)c1[2H]. The molecule has 0 spiro atoms. The van der Waals surface area contributed by atoms with Gasteiger partial charge in [-0.25, -0.2) is 15.0 Å². The molecule has 0 saturated carbocycles. The van der Waals surface area contributed by atoms with Crippen molar-refractivity contribution in [2.45, 2.75) is 0 Å². The first kappa shape index (κ1) is 33.7. The lowest BCUT2D eigenvalue weighted by atomic mass is 9.91. The summed E-state index contributed by atoms with van der Waals surface area (Å²) in [5.74, 6) is 0.662. The molecule has 0 bridgehead atoms. The first-order valence-corrected chi connectivity index (χ1v) is 23.1. The third-order valence-electron chi connectivity index (χ3n) is 12.5. The largest absolute Gasteiger partial charge is 0.456 e. The number of nitrogens with zero attached hydrogens (tertiary/aromatic N) is 3. The van der Waals surface area contributed by atoms with E-state index in [0.717, 1.165) is 72.2 Å². The molecule has 0 unspecified atom stereocenters. The van der Waals surface area contributed by atoms with E-state index in [1.54, 1.807) is 0 Å². The van der Waals surface area contributed by atoms with Crippen LogP contribution in [-0.4, -0.2) is 15.0 Å². The molecule has 0 saturated heterocycles. The van der Waals surface area contributed by atoms with Crippen LogP contribution in [0.25, 0.3) is 132 Å². The maximum atomic E-state index is 9.96. The molecule has 10 aromatic carbocycles. The molecule has 0 fully saturated rings. The van der Waals surface area contributed by atoms with Gasteiger partial charge in [0.15, 0.2) is 17.5 Å². The Labute approximate surface area is 405 Å². The van der Waals surface area contributed by atoms with E-state index in [1.165, 1.54) is 0 Å². The lowest BCUT2D eigenvalue weighted by Crippen LogP contribution is -2.00. The standard InChI is InChI=1S/C63H39N3OS/c1-5-14-40(15-6-1)44-24-26-45(27-25-44)61-64-62(47-30-33-56-55(37-47)53-31-28-46(38-57(53)67-56)41-16-7-2-8-17-41)66-63(65-61)48-29-32-54-59(39-48)68-58-23-13-22-52(60(54)58)51-35-49(42-18-9-3-10-19-42)34-50(36-51)43-20-11-4-12-21-43/h1-39H/i13D,22D,23D,29D,32D,39D. The van der Waals surface area contributed by atoms with Crippen LogP contribution in [0.4, 0.5) is 0 Å². The topological polar surface area (TPSA) is 51.8 Å². The Morgan fingerprint density at radius 3 is 1.50 bits per heavy atom. The van der Waals surface area contributed by atoms with Crippen LogP contribution in [0.3, 0.4) is 0 Å². The lowest BCUT2D eigenvalue weighted by molar-refractivity contribution is 0.669. The van der Waals surface area contributed by atoms with Crippen molar-refractivity contribution in [3.8, 4) is 89.8 Å². The Kier molecular flexibility index (Phi) is 8.21. The maximum absolute atomic E-state index is 9.96. The normalized spacial score (nSPS) is 12.8. The van der Waals surface area contributed by atoms with Crippen molar-refractivity contribution < 1.29 is 12.6 Å². The van der Waals surface area contributed by atoms with Gasteiger partial charge in [-0.3, -0.25) is 0 Å². The minimum Gasteiger partial charge on any atom is -0.456 e. The van der Waals surface area contributed by atoms with Gasteiger partial charge in [0.25, 0.3) is 0 Å². The zero-order valence-electron chi connectivity index (χ0n) is 42.2. The summed E-state index contributed by atoms with van der Waals surface area (Å²) in [5.41, 5.74) is 11.7. The van der Waals surface area contributed by atoms with E-state index in [9.17, 15) is 6.85 Å². The van der Waals surface area contributed by atoms with Gasteiger partial charge < -0.3 is 4.42 Å². The molecule has 4 nitrogen and oxygen atoms in total. The first-order chi connectivity index (χ1) is 36.2. The first-order valence-electron chi connectivity index (χ1n) is 25.3. The Balaban J connectivity index is 1.02. The molecule has 0 N–H and O–H groups in total. The second kappa shape index (κ2) is 16.6. The Morgan fingerprint density at radius 2 is 0.853 bits per heavy atom. The molecule has 5 heteroatoms. The number of aromatic nitrogens is 3. The van der Waals surface area contributed by atoms with E-state index >= 15 is 0 Å². The molecule has 318 valence electrons. The zero-order valence-corrected chi connectivity index (χ0v) is 37.0. The zero-order chi connectivity index (χ0) is 50.2. The van der Waals surface area contributed by atoms with Crippen LogP contribution < -0.4 is 0 Å². The van der Waals surface area contributed by atoms with Crippen molar-refractivity contribution in [3.63, 3.8) is 0 Å². The second-order valence-corrected chi connectivity index (χ2v) is 17.7. The molecule has 3 heterocycles. The molecule has 68 heavy (non-hydrogen) atoms. The average Bonchev–Trinajstić information content (AvgIpc) is 4.05. The fourth-order valence-electron chi connectivity index (χ4n) is 9.06. The van der Waals surface area contributed by atoms with E-state index < -0.39 is 0 Å². The lowest BCUT2D eigenvalue weighted by Gasteiger charge is -2.12. The molecule has 0 atom stereocenters. The third-order valence-corrected chi connectivity index (χ3v) is 13.5. The van der Waals surface area contributed by atoms with Crippen LogP contribution in [0.15, 0.2) is 241 Å². The number of furan rings is 1. The highest BCUT2D eigenvalue weighted by Gasteiger charge is 2.19. The van der Waals surface area contributed by atoms with Crippen molar-refractivity contribution in [1.82, 2.24) is 15.0 Å². The van der Waals surface area contributed by atoms with Crippen LogP contribution in [0.1, 0.15) is 8.22 Å². The molecule has 0 aliphatic carbocycles.